The Kier molecular flexibility index (Phi) is 5.80. The smallest absolute Gasteiger partial charge is 0.166 e. The van der Waals surface area contributed by atoms with Gasteiger partial charge in [0.25, 0.3) is 0 Å². The molecule has 1 aromatic rings. The zero-order valence-corrected chi connectivity index (χ0v) is 13.6. The third-order valence-electron chi connectivity index (χ3n) is 4.29. The predicted molar refractivity (Wildman–Crippen MR) is 89.3 cm³/mol. The van der Waals surface area contributed by atoms with Crippen molar-refractivity contribution < 1.29 is 4.79 Å². The van der Waals surface area contributed by atoms with Crippen molar-refractivity contribution in [1.82, 2.24) is 5.32 Å². The van der Waals surface area contributed by atoms with Crippen molar-refractivity contribution in [3.05, 3.63) is 28.8 Å². The number of hydrogen-bond donors (Lipinski definition) is 2. The van der Waals surface area contributed by atoms with Crippen LogP contribution in [0, 0.1) is 12.8 Å². The van der Waals surface area contributed by atoms with E-state index >= 15 is 0 Å². The molecule has 0 bridgehead atoms. The maximum atomic E-state index is 12.0. The summed E-state index contributed by atoms with van der Waals surface area (Å²) in [6.45, 7) is 9.14. The van der Waals surface area contributed by atoms with Gasteiger partial charge in [0, 0.05) is 24.2 Å². The third kappa shape index (κ3) is 3.85. The van der Waals surface area contributed by atoms with Crippen molar-refractivity contribution in [1.29, 1.82) is 0 Å². The Bertz CT molecular complexity index is 490. The average Bonchev–Trinajstić information content (AvgIpc) is 2.51. The number of carbonyl (C=O) groups is 1. The number of carbonyl (C=O) groups excluding carboxylic acids is 1. The van der Waals surface area contributed by atoms with Gasteiger partial charge in [-0.25, -0.2) is 0 Å². The van der Waals surface area contributed by atoms with Gasteiger partial charge in [0.05, 0.1) is 0 Å². The second-order valence-electron chi connectivity index (χ2n) is 5.84. The van der Waals surface area contributed by atoms with Gasteiger partial charge in [-0.05, 0) is 62.4 Å². The fraction of sp³-hybridized carbons (Fsp3) is 0.611. The lowest BCUT2D eigenvalue weighted by molar-refractivity contribution is 0.0983. The van der Waals surface area contributed by atoms with Crippen LogP contribution in [-0.4, -0.2) is 25.4 Å². The van der Waals surface area contributed by atoms with Crippen molar-refractivity contribution >= 4 is 11.5 Å². The Morgan fingerprint density at radius 1 is 1.14 bits per heavy atom. The molecule has 0 aromatic heterocycles. The number of fused-ring (bicyclic) bond motifs is 1. The van der Waals surface area contributed by atoms with E-state index < -0.39 is 0 Å². The summed E-state index contributed by atoms with van der Waals surface area (Å²) in [5.74, 6) is 1.05. The monoisotopic (exact) mass is 288 g/mol. The Morgan fingerprint density at radius 2 is 1.86 bits per heavy atom. The first-order valence-electron chi connectivity index (χ1n) is 8.35. The summed E-state index contributed by atoms with van der Waals surface area (Å²) in [4.78, 5) is 12.0. The molecular formula is C18H28N2O. The minimum Gasteiger partial charge on any atom is -0.384 e. The number of Topliss-reactive ketones (excluding diaryl/α,β-unsaturated/α-hetero) is 1. The van der Waals surface area contributed by atoms with Gasteiger partial charge in [-0.3, -0.25) is 4.79 Å². The molecule has 0 saturated carbocycles. The number of benzene rings is 1. The Labute approximate surface area is 128 Å². The Balaban J connectivity index is 0.000000774. The van der Waals surface area contributed by atoms with Crippen LogP contribution < -0.4 is 10.6 Å². The molecule has 3 nitrogen and oxygen atoms in total. The van der Waals surface area contributed by atoms with Gasteiger partial charge in [-0.1, -0.05) is 19.9 Å². The summed E-state index contributed by atoms with van der Waals surface area (Å²) in [5, 5.41) is 6.85. The summed E-state index contributed by atoms with van der Waals surface area (Å²) in [7, 11) is 0. The van der Waals surface area contributed by atoms with Gasteiger partial charge in [0.2, 0.25) is 0 Å². The van der Waals surface area contributed by atoms with Crippen LogP contribution in [0.2, 0.25) is 0 Å². The summed E-state index contributed by atoms with van der Waals surface area (Å²) >= 11 is 0. The standard InChI is InChI=1S/C16H22N2O.C2H6/c1-11-8-13(10-12-2-5-17-6-3-12)16-14(9-11)15(19)4-7-18-16;1-2/h8-9,12,17-18H,2-7,10H2,1H3;1-2H3. The topological polar surface area (TPSA) is 41.1 Å². The van der Waals surface area contributed by atoms with Crippen LogP contribution in [0.3, 0.4) is 0 Å². The summed E-state index contributed by atoms with van der Waals surface area (Å²) < 4.78 is 0. The fourth-order valence-corrected chi connectivity index (χ4v) is 3.28. The first-order chi connectivity index (χ1) is 10.2. The molecule has 0 amide bonds. The minimum atomic E-state index is 0.295. The Morgan fingerprint density at radius 3 is 2.57 bits per heavy atom. The average molecular weight is 288 g/mol. The SMILES string of the molecule is CC.Cc1cc(CC2CCNCC2)c2c(c1)C(=O)CCN2. The molecule has 2 N–H and O–H groups in total. The molecule has 0 aliphatic carbocycles. The molecule has 1 aromatic carbocycles. The van der Waals surface area contributed by atoms with E-state index in [1.165, 1.54) is 24.0 Å². The second kappa shape index (κ2) is 7.60. The van der Waals surface area contributed by atoms with Gasteiger partial charge in [-0.2, -0.15) is 0 Å². The van der Waals surface area contributed by atoms with Crippen molar-refractivity contribution in [2.75, 3.05) is 25.0 Å². The molecule has 0 radical (unpaired) electrons. The molecule has 2 aliphatic rings. The molecule has 1 fully saturated rings. The molecule has 2 heterocycles. The lowest BCUT2D eigenvalue weighted by Gasteiger charge is -2.26. The molecule has 3 heteroatoms. The normalized spacial score (nSPS) is 18.3. The van der Waals surface area contributed by atoms with Gasteiger partial charge >= 0.3 is 0 Å². The van der Waals surface area contributed by atoms with Crippen LogP contribution >= 0.6 is 0 Å². The Hall–Kier alpha value is -1.35. The highest BCUT2D eigenvalue weighted by atomic mass is 16.1. The zero-order chi connectivity index (χ0) is 15.2. The molecular weight excluding hydrogens is 260 g/mol. The van der Waals surface area contributed by atoms with E-state index in [0.717, 1.165) is 43.2 Å². The van der Waals surface area contributed by atoms with Crippen LogP contribution in [0.4, 0.5) is 5.69 Å². The molecule has 2 aliphatic heterocycles. The number of anilines is 1. The number of rotatable bonds is 2. The highest BCUT2D eigenvalue weighted by Crippen LogP contribution is 2.31. The van der Waals surface area contributed by atoms with E-state index in [9.17, 15) is 4.79 Å². The number of aryl methyl sites for hydroxylation is 1. The van der Waals surface area contributed by atoms with Crippen LogP contribution in [0.1, 0.15) is 54.6 Å². The van der Waals surface area contributed by atoms with E-state index in [1.54, 1.807) is 0 Å². The lowest BCUT2D eigenvalue weighted by Crippen LogP contribution is -2.29. The first kappa shape index (κ1) is 16.0. The molecule has 116 valence electrons. The summed E-state index contributed by atoms with van der Waals surface area (Å²) in [6.07, 6.45) is 4.22. The molecule has 21 heavy (non-hydrogen) atoms. The van der Waals surface area contributed by atoms with Crippen LogP contribution in [0.25, 0.3) is 0 Å². The largest absolute Gasteiger partial charge is 0.384 e. The van der Waals surface area contributed by atoms with E-state index in [-0.39, 0.29) is 0 Å². The quantitative estimate of drug-likeness (QED) is 0.874. The molecule has 0 spiro atoms. The van der Waals surface area contributed by atoms with E-state index in [4.69, 9.17) is 0 Å². The minimum absolute atomic E-state index is 0.295. The zero-order valence-electron chi connectivity index (χ0n) is 13.6. The third-order valence-corrected chi connectivity index (χ3v) is 4.29. The maximum absolute atomic E-state index is 12.0. The first-order valence-corrected chi connectivity index (χ1v) is 8.35. The second-order valence-corrected chi connectivity index (χ2v) is 5.84. The van der Waals surface area contributed by atoms with E-state index in [2.05, 4.69) is 23.6 Å². The number of nitrogens with one attached hydrogen (secondary N) is 2. The van der Waals surface area contributed by atoms with E-state index in [0.29, 0.717) is 12.2 Å². The van der Waals surface area contributed by atoms with Crippen molar-refractivity contribution in [2.24, 2.45) is 5.92 Å². The molecule has 3 rings (SSSR count). The maximum Gasteiger partial charge on any atom is 0.166 e. The number of piperidine rings is 1. The fourth-order valence-electron chi connectivity index (χ4n) is 3.28. The van der Waals surface area contributed by atoms with Crippen molar-refractivity contribution in [3.63, 3.8) is 0 Å². The van der Waals surface area contributed by atoms with Gasteiger partial charge in [0.15, 0.2) is 5.78 Å². The number of ketones is 1. The highest BCUT2D eigenvalue weighted by Gasteiger charge is 2.22. The van der Waals surface area contributed by atoms with Crippen molar-refractivity contribution in [2.45, 2.75) is 46.5 Å². The van der Waals surface area contributed by atoms with Crippen LogP contribution in [0.5, 0.6) is 0 Å². The van der Waals surface area contributed by atoms with Crippen LogP contribution in [0.15, 0.2) is 12.1 Å². The summed E-state index contributed by atoms with van der Waals surface area (Å²) in [6, 6.07) is 4.29. The van der Waals surface area contributed by atoms with Crippen molar-refractivity contribution in [3.8, 4) is 0 Å². The van der Waals surface area contributed by atoms with E-state index in [1.807, 2.05) is 19.9 Å². The van der Waals surface area contributed by atoms with Gasteiger partial charge < -0.3 is 10.6 Å². The molecule has 0 atom stereocenters. The number of hydrogen-bond acceptors (Lipinski definition) is 3. The highest BCUT2D eigenvalue weighted by molar-refractivity contribution is 6.03. The molecule has 0 unspecified atom stereocenters. The molecule has 1 saturated heterocycles. The van der Waals surface area contributed by atoms with Gasteiger partial charge in [0.1, 0.15) is 0 Å². The summed E-state index contributed by atoms with van der Waals surface area (Å²) in [5.41, 5.74) is 4.57. The van der Waals surface area contributed by atoms with Gasteiger partial charge in [-0.15, -0.1) is 0 Å². The van der Waals surface area contributed by atoms with Crippen LogP contribution in [-0.2, 0) is 6.42 Å². The predicted octanol–water partition coefficient (Wildman–Crippen LogP) is 3.56. The lowest BCUT2D eigenvalue weighted by atomic mass is 9.87.